The lowest BCUT2D eigenvalue weighted by atomic mass is 9.95. The maximum Gasteiger partial charge on any atom is 0.410 e. The van der Waals surface area contributed by atoms with Crippen molar-refractivity contribution in [2.24, 2.45) is 0 Å². The van der Waals surface area contributed by atoms with Crippen LogP contribution in [0.3, 0.4) is 0 Å². The van der Waals surface area contributed by atoms with Gasteiger partial charge in [0.25, 0.3) is 0 Å². The Hall–Kier alpha value is -3.86. The van der Waals surface area contributed by atoms with E-state index in [0.717, 1.165) is 41.3 Å². The summed E-state index contributed by atoms with van der Waals surface area (Å²) in [6, 6.07) is 2.09. The van der Waals surface area contributed by atoms with Crippen LogP contribution in [0.15, 0.2) is 24.8 Å². The number of fused-ring (bicyclic) bond motifs is 2. The number of rotatable bonds is 3. The maximum atomic E-state index is 16.3. The highest BCUT2D eigenvalue weighted by atomic mass is 19.1. The molecule has 2 saturated heterocycles. The van der Waals surface area contributed by atoms with Crippen molar-refractivity contribution >= 4 is 33.7 Å². The number of halogens is 1. The molecule has 4 aromatic rings. The molecular formula is C30H36FN7O3. The van der Waals surface area contributed by atoms with Crippen molar-refractivity contribution in [3.8, 4) is 11.3 Å². The number of anilines is 1. The molecule has 0 aliphatic carbocycles. The molecule has 0 spiro atoms. The van der Waals surface area contributed by atoms with E-state index >= 15 is 4.39 Å². The smallest absolute Gasteiger partial charge is 0.410 e. The van der Waals surface area contributed by atoms with Crippen molar-refractivity contribution in [3.63, 3.8) is 0 Å². The van der Waals surface area contributed by atoms with Gasteiger partial charge in [-0.05, 0) is 71.1 Å². The largest absolute Gasteiger partial charge is 0.444 e. The van der Waals surface area contributed by atoms with Gasteiger partial charge in [-0.15, -0.1) is 0 Å². The van der Waals surface area contributed by atoms with E-state index in [4.69, 9.17) is 9.47 Å². The number of ether oxygens (including phenoxy) is 2. The molecule has 1 amide bonds. The summed E-state index contributed by atoms with van der Waals surface area (Å²) in [5.41, 5.74) is 3.49. The molecule has 3 aromatic heterocycles. The second-order valence-corrected chi connectivity index (χ2v) is 11.9. The van der Waals surface area contributed by atoms with Gasteiger partial charge in [-0.2, -0.15) is 5.10 Å². The molecule has 1 atom stereocenters. The van der Waals surface area contributed by atoms with Crippen molar-refractivity contribution in [2.75, 3.05) is 37.7 Å². The van der Waals surface area contributed by atoms with Gasteiger partial charge in [-0.3, -0.25) is 4.98 Å². The quantitative estimate of drug-likeness (QED) is 0.321. The number of aromatic nitrogens is 5. The summed E-state index contributed by atoms with van der Waals surface area (Å²) in [7, 11) is 0. The molecule has 2 aliphatic heterocycles. The topological polar surface area (TPSA) is 98.5 Å². The van der Waals surface area contributed by atoms with Crippen LogP contribution in [0.4, 0.5) is 15.0 Å². The number of carbonyl (C=O) groups is 1. The number of benzene rings is 1. The molecule has 2 fully saturated rings. The number of aryl methyl sites for hydroxylation is 1. The Labute approximate surface area is 238 Å². The first-order valence-corrected chi connectivity index (χ1v) is 14.2. The normalized spacial score (nSPS) is 18.3. The van der Waals surface area contributed by atoms with Gasteiger partial charge in [-0.1, -0.05) is 0 Å². The van der Waals surface area contributed by atoms with Crippen LogP contribution >= 0.6 is 0 Å². The van der Waals surface area contributed by atoms with Crippen molar-refractivity contribution in [1.29, 1.82) is 0 Å². The Balaban J connectivity index is 1.34. The predicted octanol–water partition coefficient (Wildman–Crippen LogP) is 5.55. The fourth-order valence-corrected chi connectivity index (χ4v) is 5.70. The standard InChI is InChI=1S/C30H36FN7O3/c1-18-14-22-20(16-35-38(22)23-8-6-7-13-40-23)24(19(18)2)27-25(31)26-21(15-32-27)28(34-17-33-26)36-9-11-37(12-10-36)29(39)41-30(3,4)5/h14-17,23H,6-13H2,1-5H3. The molecule has 216 valence electrons. The second-order valence-electron chi connectivity index (χ2n) is 11.9. The van der Waals surface area contributed by atoms with E-state index in [9.17, 15) is 4.79 Å². The summed E-state index contributed by atoms with van der Waals surface area (Å²) in [5, 5.41) is 6.03. The number of pyridine rings is 1. The lowest BCUT2D eigenvalue weighted by Crippen LogP contribution is -2.50. The summed E-state index contributed by atoms with van der Waals surface area (Å²) in [6.07, 6.45) is 7.41. The van der Waals surface area contributed by atoms with Crippen molar-refractivity contribution < 1.29 is 18.7 Å². The van der Waals surface area contributed by atoms with Crippen LogP contribution in [0.25, 0.3) is 33.1 Å². The highest BCUT2D eigenvalue weighted by Gasteiger charge is 2.29. The number of hydrogen-bond donors (Lipinski definition) is 0. The third-order valence-electron chi connectivity index (χ3n) is 7.92. The summed E-state index contributed by atoms with van der Waals surface area (Å²) < 4.78 is 29.8. The Bertz CT molecular complexity index is 1620. The Morgan fingerprint density at radius 2 is 1.83 bits per heavy atom. The number of nitrogens with zero attached hydrogens (tertiary/aromatic N) is 7. The van der Waals surface area contributed by atoms with E-state index in [0.29, 0.717) is 49.6 Å². The van der Waals surface area contributed by atoms with Crippen LogP contribution < -0.4 is 4.90 Å². The molecule has 11 heteroatoms. The lowest BCUT2D eigenvalue weighted by Gasteiger charge is -2.36. The van der Waals surface area contributed by atoms with E-state index in [2.05, 4.69) is 26.1 Å². The average molecular weight is 562 g/mol. The van der Waals surface area contributed by atoms with E-state index in [1.165, 1.54) is 6.33 Å². The highest BCUT2D eigenvalue weighted by molar-refractivity contribution is 5.99. The van der Waals surface area contributed by atoms with Crippen molar-refractivity contribution in [3.05, 3.63) is 41.7 Å². The molecule has 0 N–H and O–H groups in total. The molecule has 0 radical (unpaired) electrons. The molecule has 2 aliphatic rings. The molecule has 0 bridgehead atoms. The molecule has 1 aromatic carbocycles. The lowest BCUT2D eigenvalue weighted by molar-refractivity contribution is -0.0366. The Kier molecular flexibility index (Phi) is 7.01. The number of piperazine rings is 1. The molecular weight excluding hydrogens is 525 g/mol. The molecule has 5 heterocycles. The van der Waals surface area contributed by atoms with Gasteiger partial charge in [0.05, 0.1) is 17.1 Å². The van der Waals surface area contributed by atoms with Gasteiger partial charge in [0.2, 0.25) is 0 Å². The summed E-state index contributed by atoms with van der Waals surface area (Å²) >= 11 is 0. The average Bonchev–Trinajstić information content (AvgIpc) is 3.37. The second kappa shape index (κ2) is 10.5. The van der Waals surface area contributed by atoms with Crippen molar-refractivity contribution in [2.45, 2.75) is 65.7 Å². The molecule has 10 nitrogen and oxygen atoms in total. The zero-order chi connectivity index (χ0) is 28.9. The van der Waals surface area contributed by atoms with Gasteiger partial charge >= 0.3 is 6.09 Å². The summed E-state index contributed by atoms with van der Waals surface area (Å²) in [4.78, 5) is 29.7. The predicted molar refractivity (Wildman–Crippen MR) is 154 cm³/mol. The summed E-state index contributed by atoms with van der Waals surface area (Å²) in [5.74, 6) is 0.111. The van der Waals surface area contributed by atoms with Crippen LogP contribution in [0, 0.1) is 19.7 Å². The fraction of sp³-hybridized carbons (Fsp3) is 0.500. The minimum absolute atomic E-state index is 0.128. The third-order valence-corrected chi connectivity index (χ3v) is 7.92. The van der Waals surface area contributed by atoms with Gasteiger partial charge in [0.15, 0.2) is 12.0 Å². The minimum atomic E-state index is -0.554. The van der Waals surface area contributed by atoms with Gasteiger partial charge in [-0.25, -0.2) is 23.8 Å². The van der Waals surface area contributed by atoms with Crippen LogP contribution in [0.5, 0.6) is 0 Å². The van der Waals surface area contributed by atoms with Gasteiger partial charge < -0.3 is 19.3 Å². The SMILES string of the molecule is Cc1cc2c(cnn2C2CCCCO2)c(-c2ncc3c(N4CCN(C(=O)OC(C)(C)C)CC4)ncnc3c2F)c1C. The van der Waals surface area contributed by atoms with Crippen LogP contribution in [-0.4, -0.2) is 74.1 Å². The van der Waals surface area contributed by atoms with Crippen LogP contribution in [-0.2, 0) is 9.47 Å². The number of amides is 1. The molecule has 41 heavy (non-hydrogen) atoms. The fourth-order valence-electron chi connectivity index (χ4n) is 5.70. The maximum absolute atomic E-state index is 16.3. The van der Waals surface area contributed by atoms with E-state index in [1.54, 1.807) is 17.3 Å². The monoisotopic (exact) mass is 561 g/mol. The zero-order valence-electron chi connectivity index (χ0n) is 24.3. The van der Waals surface area contributed by atoms with Gasteiger partial charge in [0.1, 0.15) is 29.0 Å². The minimum Gasteiger partial charge on any atom is -0.444 e. The highest BCUT2D eigenvalue weighted by Crippen LogP contribution is 2.38. The first-order valence-electron chi connectivity index (χ1n) is 14.2. The third kappa shape index (κ3) is 5.07. The number of carbonyl (C=O) groups excluding carboxylic acids is 1. The van der Waals surface area contributed by atoms with Crippen LogP contribution in [0.2, 0.25) is 0 Å². The first-order chi connectivity index (χ1) is 19.6. The molecule has 0 saturated carbocycles. The molecule has 1 unspecified atom stereocenters. The van der Waals surface area contributed by atoms with Crippen molar-refractivity contribution in [1.82, 2.24) is 29.6 Å². The van der Waals surface area contributed by atoms with E-state index in [1.807, 2.05) is 44.2 Å². The Morgan fingerprint density at radius 1 is 1.05 bits per heavy atom. The van der Waals surface area contributed by atoms with Gasteiger partial charge in [0, 0.05) is 49.9 Å². The Morgan fingerprint density at radius 3 is 2.54 bits per heavy atom. The number of hydrogen-bond acceptors (Lipinski definition) is 8. The van der Waals surface area contributed by atoms with E-state index < -0.39 is 11.4 Å². The van der Waals surface area contributed by atoms with Crippen LogP contribution in [0.1, 0.15) is 57.4 Å². The molecule has 6 rings (SSSR count). The summed E-state index contributed by atoms with van der Waals surface area (Å²) in [6.45, 7) is 12.3. The van der Waals surface area contributed by atoms with E-state index in [-0.39, 0.29) is 23.5 Å². The zero-order valence-corrected chi connectivity index (χ0v) is 24.3. The first kappa shape index (κ1) is 27.3.